The van der Waals surface area contributed by atoms with Gasteiger partial charge in [-0.2, -0.15) is 9.97 Å². The predicted molar refractivity (Wildman–Crippen MR) is 68.2 cm³/mol. The summed E-state index contributed by atoms with van der Waals surface area (Å²) in [5.41, 5.74) is 5.68. The van der Waals surface area contributed by atoms with Gasteiger partial charge in [-0.05, 0) is 6.42 Å². The normalized spacial score (nSPS) is 19.6. The van der Waals surface area contributed by atoms with E-state index < -0.39 is 0 Å². The Kier molecular flexibility index (Phi) is 3.63. The Balaban J connectivity index is 2.10. The van der Waals surface area contributed by atoms with Crippen molar-refractivity contribution in [2.45, 2.75) is 6.42 Å². The Morgan fingerprint density at radius 3 is 3.12 bits per heavy atom. The van der Waals surface area contributed by atoms with Gasteiger partial charge in [0.05, 0.1) is 6.61 Å². The van der Waals surface area contributed by atoms with Gasteiger partial charge in [-0.15, -0.1) is 0 Å². The van der Waals surface area contributed by atoms with Gasteiger partial charge in [0, 0.05) is 39.2 Å². The van der Waals surface area contributed by atoms with Gasteiger partial charge < -0.3 is 20.7 Å². The summed E-state index contributed by atoms with van der Waals surface area (Å²) in [7, 11) is 3.56. The number of aromatic nitrogens is 2. The fourth-order valence-corrected chi connectivity index (χ4v) is 2.16. The molecule has 1 aliphatic heterocycles. The zero-order valence-corrected chi connectivity index (χ0v) is 10.3. The van der Waals surface area contributed by atoms with Crippen LogP contribution in [0.1, 0.15) is 6.42 Å². The second-order valence-corrected chi connectivity index (χ2v) is 4.28. The predicted octanol–water partition coefficient (Wildman–Crippen LogP) is 0.573. The van der Waals surface area contributed by atoms with Crippen molar-refractivity contribution in [2.75, 3.05) is 49.8 Å². The quantitative estimate of drug-likeness (QED) is 0.797. The Morgan fingerprint density at radius 2 is 2.41 bits per heavy atom. The van der Waals surface area contributed by atoms with Gasteiger partial charge >= 0.3 is 0 Å². The lowest BCUT2D eigenvalue weighted by Crippen LogP contribution is -2.22. The van der Waals surface area contributed by atoms with Gasteiger partial charge in [0.15, 0.2) is 0 Å². The summed E-state index contributed by atoms with van der Waals surface area (Å²) in [6.07, 6.45) is 1.13. The Morgan fingerprint density at radius 1 is 1.59 bits per heavy atom. The third-order valence-electron chi connectivity index (χ3n) is 3.00. The summed E-state index contributed by atoms with van der Waals surface area (Å²) in [5, 5.41) is 2.99. The van der Waals surface area contributed by atoms with E-state index in [-0.39, 0.29) is 0 Å². The van der Waals surface area contributed by atoms with Crippen LogP contribution in [0.4, 0.5) is 17.6 Å². The van der Waals surface area contributed by atoms with Crippen LogP contribution in [-0.2, 0) is 4.74 Å². The molecule has 6 nitrogen and oxygen atoms in total. The maximum atomic E-state index is 5.68. The third-order valence-corrected chi connectivity index (χ3v) is 3.00. The molecule has 17 heavy (non-hydrogen) atoms. The Labute approximate surface area is 101 Å². The lowest BCUT2D eigenvalue weighted by molar-refractivity contribution is 0.161. The second-order valence-electron chi connectivity index (χ2n) is 4.28. The van der Waals surface area contributed by atoms with Crippen molar-refractivity contribution in [3.8, 4) is 0 Å². The summed E-state index contributed by atoms with van der Waals surface area (Å²) in [4.78, 5) is 10.6. The van der Waals surface area contributed by atoms with Gasteiger partial charge in [-0.3, -0.25) is 0 Å². The van der Waals surface area contributed by atoms with E-state index in [1.807, 2.05) is 13.1 Å². The molecule has 1 aromatic heterocycles. The first-order valence-electron chi connectivity index (χ1n) is 5.79. The number of nitrogens with two attached hydrogens (primary N) is 1. The van der Waals surface area contributed by atoms with Crippen LogP contribution in [-0.4, -0.2) is 43.8 Å². The molecule has 1 aromatic rings. The van der Waals surface area contributed by atoms with Crippen molar-refractivity contribution in [1.29, 1.82) is 0 Å². The van der Waals surface area contributed by atoms with Crippen molar-refractivity contribution < 1.29 is 4.74 Å². The minimum absolute atomic E-state index is 0.307. The molecule has 0 aliphatic carbocycles. The molecule has 0 saturated carbocycles. The van der Waals surface area contributed by atoms with Crippen molar-refractivity contribution in [3.05, 3.63) is 6.07 Å². The van der Waals surface area contributed by atoms with Gasteiger partial charge in [0.1, 0.15) is 11.6 Å². The van der Waals surface area contributed by atoms with E-state index >= 15 is 0 Å². The van der Waals surface area contributed by atoms with Crippen molar-refractivity contribution in [2.24, 2.45) is 5.92 Å². The maximum Gasteiger partial charge on any atom is 0.223 e. The molecular weight excluding hydrogens is 218 g/mol. The molecule has 1 unspecified atom stereocenters. The van der Waals surface area contributed by atoms with Crippen LogP contribution in [0.3, 0.4) is 0 Å². The molecule has 0 radical (unpaired) electrons. The standard InChI is InChI=1S/C11H19N5O/c1-13-9-5-10(15-11(12)14-9)16-4-3-8(6-16)7-17-2/h5,8H,3-4,6-7H2,1-2H3,(H3,12,13,14,15). The van der Waals surface area contributed by atoms with Crippen LogP contribution in [0.2, 0.25) is 0 Å². The molecule has 1 aliphatic rings. The first kappa shape index (κ1) is 11.9. The van der Waals surface area contributed by atoms with Gasteiger partial charge in [0.25, 0.3) is 0 Å². The van der Waals surface area contributed by atoms with E-state index in [4.69, 9.17) is 10.5 Å². The van der Waals surface area contributed by atoms with Gasteiger partial charge in [-0.1, -0.05) is 0 Å². The highest BCUT2D eigenvalue weighted by atomic mass is 16.5. The van der Waals surface area contributed by atoms with Crippen LogP contribution in [0.15, 0.2) is 6.07 Å². The molecule has 3 N–H and O–H groups in total. The van der Waals surface area contributed by atoms with E-state index in [9.17, 15) is 0 Å². The summed E-state index contributed by atoms with van der Waals surface area (Å²) in [6.45, 7) is 2.76. The number of nitrogen functional groups attached to an aromatic ring is 1. The van der Waals surface area contributed by atoms with E-state index in [0.29, 0.717) is 11.9 Å². The van der Waals surface area contributed by atoms with Crippen LogP contribution in [0.5, 0.6) is 0 Å². The molecule has 94 valence electrons. The number of rotatable bonds is 4. The molecule has 1 saturated heterocycles. The highest BCUT2D eigenvalue weighted by Gasteiger charge is 2.23. The van der Waals surface area contributed by atoms with E-state index in [0.717, 1.165) is 37.8 Å². The third kappa shape index (κ3) is 2.76. The van der Waals surface area contributed by atoms with Crippen molar-refractivity contribution >= 4 is 17.6 Å². The summed E-state index contributed by atoms with van der Waals surface area (Å²) < 4.78 is 5.18. The summed E-state index contributed by atoms with van der Waals surface area (Å²) in [6, 6.07) is 1.92. The number of anilines is 3. The number of nitrogens with one attached hydrogen (secondary N) is 1. The number of methoxy groups -OCH3 is 1. The van der Waals surface area contributed by atoms with Crippen LogP contribution in [0.25, 0.3) is 0 Å². The Hall–Kier alpha value is -1.56. The SMILES string of the molecule is CNc1cc(N2CCC(COC)C2)nc(N)n1. The molecular formula is C11H19N5O. The first-order valence-corrected chi connectivity index (χ1v) is 5.79. The number of nitrogens with zero attached hydrogens (tertiary/aromatic N) is 3. The largest absolute Gasteiger partial charge is 0.384 e. The molecule has 2 rings (SSSR count). The molecule has 0 spiro atoms. The fourth-order valence-electron chi connectivity index (χ4n) is 2.16. The molecule has 0 aromatic carbocycles. The zero-order valence-electron chi connectivity index (χ0n) is 10.3. The van der Waals surface area contributed by atoms with Gasteiger partial charge in [0.2, 0.25) is 5.95 Å². The molecule has 1 atom stereocenters. The smallest absolute Gasteiger partial charge is 0.223 e. The minimum atomic E-state index is 0.307. The first-order chi connectivity index (χ1) is 8.22. The average molecular weight is 237 g/mol. The maximum absolute atomic E-state index is 5.68. The molecule has 0 amide bonds. The van der Waals surface area contributed by atoms with Crippen LogP contribution < -0.4 is 16.0 Å². The fraction of sp³-hybridized carbons (Fsp3) is 0.636. The monoisotopic (exact) mass is 237 g/mol. The lowest BCUT2D eigenvalue weighted by atomic mass is 10.1. The van der Waals surface area contributed by atoms with E-state index in [1.54, 1.807) is 7.11 Å². The van der Waals surface area contributed by atoms with Crippen molar-refractivity contribution in [1.82, 2.24) is 9.97 Å². The summed E-state index contributed by atoms with van der Waals surface area (Å²) in [5.74, 6) is 2.53. The van der Waals surface area contributed by atoms with Gasteiger partial charge in [-0.25, -0.2) is 0 Å². The molecule has 6 heteroatoms. The lowest BCUT2D eigenvalue weighted by Gasteiger charge is -2.18. The highest BCUT2D eigenvalue weighted by molar-refractivity contribution is 5.52. The number of hydrogen-bond donors (Lipinski definition) is 2. The van der Waals surface area contributed by atoms with E-state index in [2.05, 4.69) is 20.2 Å². The topological polar surface area (TPSA) is 76.3 Å². The molecule has 1 fully saturated rings. The van der Waals surface area contributed by atoms with Crippen LogP contribution in [0, 0.1) is 5.92 Å². The molecule has 2 heterocycles. The minimum Gasteiger partial charge on any atom is -0.384 e. The zero-order chi connectivity index (χ0) is 12.3. The van der Waals surface area contributed by atoms with Crippen molar-refractivity contribution in [3.63, 3.8) is 0 Å². The Bertz CT molecular complexity index is 384. The summed E-state index contributed by atoms with van der Waals surface area (Å²) >= 11 is 0. The average Bonchev–Trinajstić information content (AvgIpc) is 2.77. The van der Waals surface area contributed by atoms with E-state index in [1.165, 1.54) is 0 Å². The van der Waals surface area contributed by atoms with Crippen LogP contribution >= 0.6 is 0 Å². The number of hydrogen-bond acceptors (Lipinski definition) is 6. The highest BCUT2D eigenvalue weighted by Crippen LogP contribution is 2.24. The number of ether oxygens (including phenoxy) is 1. The second kappa shape index (κ2) is 5.18. The molecule has 0 bridgehead atoms.